The molecule has 1 heterocycles. The molecule has 0 spiro atoms. The molecule has 6 heteroatoms. The molecule has 0 bridgehead atoms. The highest BCUT2D eigenvalue weighted by molar-refractivity contribution is 6.01. The van der Waals surface area contributed by atoms with Crippen LogP contribution in [0.2, 0.25) is 0 Å². The number of aliphatic hydroxyl groups excluding tert-OH is 1. The number of H-pyrrole nitrogens is 1. The second-order valence-electron chi connectivity index (χ2n) is 7.56. The molecule has 0 fully saturated rings. The number of aromatic amines is 1. The number of fused-ring (bicyclic) bond motifs is 1. The quantitative estimate of drug-likeness (QED) is 0.392. The Bertz CT molecular complexity index is 1230. The number of methoxy groups -OCH3 is 2. The lowest BCUT2D eigenvalue weighted by atomic mass is 9.97. The van der Waals surface area contributed by atoms with Crippen LogP contribution in [-0.2, 0) is 6.42 Å². The molecule has 3 aromatic carbocycles. The minimum Gasteiger partial charge on any atom is -0.497 e. The van der Waals surface area contributed by atoms with E-state index < -0.39 is 6.04 Å². The molecule has 32 heavy (non-hydrogen) atoms. The van der Waals surface area contributed by atoms with Gasteiger partial charge in [0, 0.05) is 22.7 Å². The van der Waals surface area contributed by atoms with Crippen LogP contribution in [0.15, 0.2) is 72.9 Å². The van der Waals surface area contributed by atoms with E-state index in [1.807, 2.05) is 60.8 Å². The number of aromatic nitrogens is 1. The predicted octanol–water partition coefficient (Wildman–Crippen LogP) is 4.19. The number of para-hydroxylation sites is 1. The van der Waals surface area contributed by atoms with Crippen LogP contribution in [0.4, 0.5) is 0 Å². The smallest absolute Gasteiger partial charge is 0.252 e. The van der Waals surface area contributed by atoms with Crippen molar-refractivity contribution in [2.75, 3.05) is 20.8 Å². The number of aliphatic hydroxyl groups is 1. The topological polar surface area (TPSA) is 83.6 Å². The van der Waals surface area contributed by atoms with Gasteiger partial charge in [-0.25, -0.2) is 0 Å². The highest BCUT2D eigenvalue weighted by Gasteiger charge is 2.19. The fourth-order valence-corrected chi connectivity index (χ4v) is 3.87. The molecular formula is C26H26N2O4. The number of carbonyl (C=O) groups excluding carboxylic acids is 1. The van der Waals surface area contributed by atoms with E-state index in [-0.39, 0.29) is 12.5 Å². The summed E-state index contributed by atoms with van der Waals surface area (Å²) < 4.78 is 10.7. The summed E-state index contributed by atoms with van der Waals surface area (Å²) >= 11 is 0. The first-order chi connectivity index (χ1) is 15.6. The van der Waals surface area contributed by atoms with Gasteiger partial charge in [-0.3, -0.25) is 4.79 Å². The third-order valence-corrected chi connectivity index (χ3v) is 5.55. The first kappa shape index (κ1) is 21.5. The molecule has 164 valence electrons. The monoisotopic (exact) mass is 430 g/mol. The third-order valence-electron chi connectivity index (χ3n) is 5.55. The van der Waals surface area contributed by atoms with E-state index in [1.165, 1.54) is 0 Å². The van der Waals surface area contributed by atoms with Gasteiger partial charge < -0.3 is 24.9 Å². The average molecular weight is 431 g/mol. The van der Waals surface area contributed by atoms with Crippen molar-refractivity contribution in [1.29, 1.82) is 0 Å². The van der Waals surface area contributed by atoms with Crippen LogP contribution in [0.1, 0.15) is 15.9 Å². The van der Waals surface area contributed by atoms with Gasteiger partial charge in [-0.05, 0) is 59.5 Å². The SMILES string of the molecule is COc1cccc(-c2cc(OC)ccc2C(=O)N[C@@H](CO)Cc2c[nH]c3ccccc23)c1. The van der Waals surface area contributed by atoms with Crippen molar-refractivity contribution in [2.24, 2.45) is 0 Å². The predicted molar refractivity (Wildman–Crippen MR) is 125 cm³/mol. The molecule has 0 aliphatic heterocycles. The Kier molecular flexibility index (Phi) is 6.42. The molecule has 4 rings (SSSR count). The maximum absolute atomic E-state index is 13.3. The molecule has 0 saturated carbocycles. The van der Waals surface area contributed by atoms with Crippen LogP contribution >= 0.6 is 0 Å². The zero-order valence-corrected chi connectivity index (χ0v) is 18.1. The summed E-state index contributed by atoms with van der Waals surface area (Å²) in [4.78, 5) is 16.5. The van der Waals surface area contributed by atoms with Crippen LogP contribution in [0, 0.1) is 0 Å². The number of hydrogen-bond acceptors (Lipinski definition) is 4. The van der Waals surface area contributed by atoms with E-state index in [0.717, 1.165) is 27.6 Å². The molecule has 0 aliphatic carbocycles. The Labute approximate surface area is 186 Å². The minimum atomic E-state index is -0.429. The van der Waals surface area contributed by atoms with Gasteiger partial charge in [0.2, 0.25) is 0 Å². The van der Waals surface area contributed by atoms with Gasteiger partial charge >= 0.3 is 0 Å². The van der Waals surface area contributed by atoms with Crippen LogP contribution in [0.5, 0.6) is 11.5 Å². The molecule has 3 N–H and O–H groups in total. The number of benzene rings is 3. The van der Waals surface area contributed by atoms with Crippen LogP contribution in [-0.4, -0.2) is 42.9 Å². The standard InChI is InChI=1S/C26H26N2O4/c1-31-20-7-5-6-17(13-20)24-14-21(32-2)10-11-23(24)26(30)28-19(16-29)12-18-15-27-25-9-4-3-8-22(18)25/h3-11,13-15,19,27,29H,12,16H2,1-2H3,(H,28,30)/t19-/m1/s1. The maximum atomic E-state index is 13.3. The number of hydrogen-bond donors (Lipinski definition) is 3. The second kappa shape index (κ2) is 9.58. The van der Waals surface area contributed by atoms with Gasteiger partial charge in [-0.2, -0.15) is 0 Å². The summed E-state index contributed by atoms with van der Waals surface area (Å²) in [5.41, 5.74) is 4.13. The van der Waals surface area contributed by atoms with Gasteiger partial charge in [-0.15, -0.1) is 0 Å². The first-order valence-electron chi connectivity index (χ1n) is 10.4. The molecule has 1 amide bonds. The number of ether oxygens (including phenoxy) is 2. The molecule has 0 unspecified atom stereocenters. The summed E-state index contributed by atoms with van der Waals surface area (Å²) in [5, 5.41) is 14.0. The van der Waals surface area contributed by atoms with Gasteiger partial charge in [0.1, 0.15) is 11.5 Å². The lowest BCUT2D eigenvalue weighted by molar-refractivity contribution is 0.0917. The van der Waals surface area contributed by atoms with Crippen molar-refractivity contribution in [3.8, 4) is 22.6 Å². The average Bonchev–Trinajstić information content (AvgIpc) is 3.25. The number of nitrogens with one attached hydrogen (secondary N) is 2. The van der Waals surface area contributed by atoms with Crippen LogP contribution in [0.25, 0.3) is 22.0 Å². The Morgan fingerprint density at radius 3 is 2.56 bits per heavy atom. The van der Waals surface area contributed by atoms with E-state index in [9.17, 15) is 9.90 Å². The molecule has 4 aromatic rings. The fraction of sp³-hybridized carbons (Fsp3) is 0.192. The Morgan fingerprint density at radius 2 is 1.78 bits per heavy atom. The fourth-order valence-electron chi connectivity index (χ4n) is 3.87. The van der Waals surface area contributed by atoms with Crippen molar-refractivity contribution < 1.29 is 19.4 Å². The molecule has 0 aliphatic rings. The van der Waals surface area contributed by atoms with Crippen LogP contribution in [0.3, 0.4) is 0 Å². The van der Waals surface area contributed by atoms with Crippen molar-refractivity contribution in [1.82, 2.24) is 10.3 Å². The molecule has 1 atom stereocenters. The Hall–Kier alpha value is -3.77. The third kappa shape index (κ3) is 4.45. The van der Waals surface area contributed by atoms with E-state index in [1.54, 1.807) is 26.4 Å². The van der Waals surface area contributed by atoms with Crippen molar-refractivity contribution in [2.45, 2.75) is 12.5 Å². The minimum absolute atomic E-state index is 0.171. The summed E-state index contributed by atoms with van der Waals surface area (Å²) in [6.07, 6.45) is 2.44. The number of rotatable bonds is 8. The van der Waals surface area contributed by atoms with Gasteiger partial charge in [0.25, 0.3) is 5.91 Å². The first-order valence-corrected chi connectivity index (χ1v) is 10.4. The van der Waals surface area contributed by atoms with Crippen molar-refractivity contribution in [3.05, 3.63) is 84.1 Å². The molecule has 0 radical (unpaired) electrons. The highest BCUT2D eigenvalue weighted by Crippen LogP contribution is 2.30. The number of carbonyl (C=O) groups is 1. The Morgan fingerprint density at radius 1 is 1.00 bits per heavy atom. The lowest BCUT2D eigenvalue weighted by Gasteiger charge is -2.18. The van der Waals surface area contributed by atoms with Gasteiger partial charge in [0.15, 0.2) is 0 Å². The zero-order valence-electron chi connectivity index (χ0n) is 18.1. The summed E-state index contributed by atoms with van der Waals surface area (Å²) in [6.45, 7) is -0.171. The van der Waals surface area contributed by atoms with Gasteiger partial charge in [-0.1, -0.05) is 30.3 Å². The number of amides is 1. The van der Waals surface area contributed by atoms with E-state index in [4.69, 9.17) is 9.47 Å². The molecule has 1 aromatic heterocycles. The van der Waals surface area contributed by atoms with Crippen LogP contribution < -0.4 is 14.8 Å². The summed E-state index contributed by atoms with van der Waals surface area (Å²) in [7, 11) is 3.20. The van der Waals surface area contributed by atoms with Crippen molar-refractivity contribution >= 4 is 16.8 Å². The summed E-state index contributed by atoms with van der Waals surface area (Å²) in [5.74, 6) is 1.09. The highest BCUT2D eigenvalue weighted by atomic mass is 16.5. The normalized spacial score (nSPS) is 11.8. The van der Waals surface area contributed by atoms with E-state index in [0.29, 0.717) is 23.5 Å². The summed E-state index contributed by atoms with van der Waals surface area (Å²) in [6, 6.07) is 20.4. The Balaban J connectivity index is 1.61. The molecule has 0 saturated heterocycles. The van der Waals surface area contributed by atoms with Crippen molar-refractivity contribution in [3.63, 3.8) is 0 Å². The van der Waals surface area contributed by atoms with E-state index >= 15 is 0 Å². The molecule has 6 nitrogen and oxygen atoms in total. The zero-order chi connectivity index (χ0) is 22.5. The van der Waals surface area contributed by atoms with E-state index in [2.05, 4.69) is 10.3 Å². The molecular weight excluding hydrogens is 404 g/mol. The lowest BCUT2D eigenvalue weighted by Crippen LogP contribution is -2.39. The largest absolute Gasteiger partial charge is 0.497 e. The maximum Gasteiger partial charge on any atom is 0.252 e. The van der Waals surface area contributed by atoms with Gasteiger partial charge in [0.05, 0.1) is 26.9 Å². The second-order valence-corrected chi connectivity index (χ2v) is 7.56.